The summed E-state index contributed by atoms with van der Waals surface area (Å²) in [7, 11) is 3.53. The van der Waals surface area contributed by atoms with Gasteiger partial charge in [-0.1, -0.05) is 31.4 Å². The molecule has 0 aromatic heterocycles. The molecule has 21 heavy (non-hydrogen) atoms. The molecule has 4 heteroatoms. The minimum absolute atomic E-state index is 0.0513. The first-order valence-electron chi connectivity index (χ1n) is 7.83. The highest BCUT2D eigenvalue weighted by Gasteiger charge is 2.17. The molecule has 0 saturated heterocycles. The Kier molecular flexibility index (Phi) is 5.90. The van der Waals surface area contributed by atoms with E-state index in [2.05, 4.69) is 5.32 Å². The standard InChI is InChI=1S/C17H26N2O2/c1-19(17(20)18-15-6-4-3-5-7-15)13-12-14-8-10-16(21-2)11-9-14/h8-11,15H,3-7,12-13H2,1-2H3,(H,18,20). The topological polar surface area (TPSA) is 41.6 Å². The van der Waals surface area contributed by atoms with E-state index in [1.54, 1.807) is 12.0 Å². The van der Waals surface area contributed by atoms with Crippen LogP contribution in [0.1, 0.15) is 37.7 Å². The van der Waals surface area contributed by atoms with E-state index in [0.29, 0.717) is 6.04 Å². The van der Waals surface area contributed by atoms with Crippen LogP contribution >= 0.6 is 0 Å². The molecule has 0 heterocycles. The van der Waals surface area contributed by atoms with Crippen molar-refractivity contribution in [2.45, 2.75) is 44.6 Å². The second kappa shape index (κ2) is 7.91. The molecule has 1 fully saturated rings. The zero-order chi connectivity index (χ0) is 15.1. The summed E-state index contributed by atoms with van der Waals surface area (Å²) in [4.78, 5) is 13.9. The SMILES string of the molecule is COc1ccc(CCN(C)C(=O)NC2CCCCC2)cc1. The maximum Gasteiger partial charge on any atom is 0.317 e. The predicted octanol–water partition coefficient (Wildman–Crippen LogP) is 3.21. The van der Waals surface area contributed by atoms with Gasteiger partial charge in [-0.15, -0.1) is 0 Å². The molecular weight excluding hydrogens is 264 g/mol. The number of hydrogen-bond donors (Lipinski definition) is 1. The number of benzene rings is 1. The van der Waals surface area contributed by atoms with Gasteiger partial charge in [0.1, 0.15) is 5.75 Å². The molecule has 0 atom stereocenters. The quantitative estimate of drug-likeness (QED) is 0.904. The van der Waals surface area contributed by atoms with Crippen LogP contribution in [0.2, 0.25) is 0 Å². The van der Waals surface area contributed by atoms with Gasteiger partial charge in [0.2, 0.25) is 0 Å². The van der Waals surface area contributed by atoms with Crippen LogP contribution in [0.15, 0.2) is 24.3 Å². The van der Waals surface area contributed by atoms with Crippen molar-refractivity contribution in [3.05, 3.63) is 29.8 Å². The highest BCUT2D eigenvalue weighted by atomic mass is 16.5. The van der Waals surface area contributed by atoms with Crippen molar-refractivity contribution in [1.82, 2.24) is 10.2 Å². The molecule has 2 rings (SSSR count). The number of hydrogen-bond acceptors (Lipinski definition) is 2. The van der Waals surface area contributed by atoms with Crippen LogP contribution in [-0.2, 0) is 6.42 Å². The van der Waals surface area contributed by atoms with E-state index in [4.69, 9.17) is 4.74 Å². The van der Waals surface area contributed by atoms with E-state index >= 15 is 0 Å². The van der Waals surface area contributed by atoms with E-state index in [-0.39, 0.29) is 6.03 Å². The number of methoxy groups -OCH3 is 1. The Morgan fingerprint density at radius 1 is 1.24 bits per heavy atom. The first-order valence-corrected chi connectivity index (χ1v) is 7.83. The van der Waals surface area contributed by atoms with Crippen LogP contribution in [0, 0.1) is 0 Å². The second-order valence-electron chi connectivity index (χ2n) is 5.80. The Bertz CT molecular complexity index is 439. The Morgan fingerprint density at radius 3 is 2.52 bits per heavy atom. The largest absolute Gasteiger partial charge is 0.497 e. The lowest BCUT2D eigenvalue weighted by Gasteiger charge is -2.26. The maximum absolute atomic E-state index is 12.1. The zero-order valence-electron chi connectivity index (χ0n) is 13.1. The molecular formula is C17H26N2O2. The van der Waals surface area contributed by atoms with Crippen molar-refractivity contribution in [2.24, 2.45) is 0 Å². The molecule has 0 bridgehead atoms. The number of nitrogens with zero attached hydrogens (tertiary/aromatic N) is 1. The predicted molar refractivity (Wildman–Crippen MR) is 84.7 cm³/mol. The van der Waals surface area contributed by atoms with Crippen molar-refractivity contribution in [3.8, 4) is 5.75 Å². The van der Waals surface area contributed by atoms with Crippen LogP contribution in [0.5, 0.6) is 5.75 Å². The molecule has 1 aliphatic carbocycles. The molecule has 0 aliphatic heterocycles. The molecule has 0 radical (unpaired) electrons. The van der Waals surface area contributed by atoms with Crippen molar-refractivity contribution in [1.29, 1.82) is 0 Å². The average Bonchev–Trinajstić information content (AvgIpc) is 2.54. The summed E-state index contributed by atoms with van der Waals surface area (Å²) in [5, 5.41) is 3.14. The average molecular weight is 290 g/mol. The molecule has 1 aliphatic rings. The summed E-state index contributed by atoms with van der Waals surface area (Å²) >= 11 is 0. The van der Waals surface area contributed by atoms with Gasteiger partial charge in [0.05, 0.1) is 7.11 Å². The van der Waals surface area contributed by atoms with Crippen molar-refractivity contribution in [2.75, 3.05) is 20.7 Å². The lowest BCUT2D eigenvalue weighted by Crippen LogP contribution is -2.44. The fourth-order valence-electron chi connectivity index (χ4n) is 2.72. The first-order chi connectivity index (χ1) is 10.2. The molecule has 0 spiro atoms. The molecule has 1 aromatic carbocycles. The molecule has 2 amide bonds. The number of amides is 2. The van der Waals surface area contributed by atoms with Crippen LogP contribution in [0.4, 0.5) is 4.79 Å². The number of carbonyl (C=O) groups is 1. The monoisotopic (exact) mass is 290 g/mol. The molecule has 1 saturated carbocycles. The lowest BCUT2D eigenvalue weighted by molar-refractivity contribution is 0.201. The van der Waals surface area contributed by atoms with Crippen LogP contribution in [0.3, 0.4) is 0 Å². The van der Waals surface area contributed by atoms with E-state index < -0.39 is 0 Å². The fourth-order valence-corrected chi connectivity index (χ4v) is 2.72. The number of nitrogens with one attached hydrogen (secondary N) is 1. The molecule has 0 unspecified atom stereocenters. The van der Waals surface area contributed by atoms with E-state index in [9.17, 15) is 4.79 Å². The van der Waals surface area contributed by atoms with Gasteiger partial charge in [0, 0.05) is 19.6 Å². The normalized spacial score (nSPS) is 15.5. The molecule has 1 aromatic rings. The van der Waals surface area contributed by atoms with Crippen molar-refractivity contribution >= 4 is 6.03 Å². The van der Waals surface area contributed by atoms with Crippen LogP contribution in [0.25, 0.3) is 0 Å². The number of ether oxygens (including phenoxy) is 1. The highest BCUT2D eigenvalue weighted by molar-refractivity contribution is 5.74. The van der Waals surface area contributed by atoms with Crippen molar-refractivity contribution < 1.29 is 9.53 Å². The zero-order valence-corrected chi connectivity index (χ0v) is 13.1. The van der Waals surface area contributed by atoms with Gasteiger partial charge in [-0.25, -0.2) is 4.79 Å². The maximum atomic E-state index is 12.1. The Morgan fingerprint density at radius 2 is 1.90 bits per heavy atom. The van der Waals surface area contributed by atoms with Gasteiger partial charge >= 0.3 is 6.03 Å². The number of urea groups is 1. The third kappa shape index (κ3) is 4.96. The summed E-state index contributed by atoms with van der Waals surface area (Å²) in [5.41, 5.74) is 1.22. The first kappa shape index (κ1) is 15.7. The third-order valence-electron chi connectivity index (χ3n) is 4.17. The van der Waals surface area contributed by atoms with E-state index in [1.165, 1.54) is 24.8 Å². The second-order valence-corrected chi connectivity index (χ2v) is 5.80. The minimum atomic E-state index is 0.0513. The summed E-state index contributed by atoms with van der Waals surface area (Å²) in [6, 6.07) is 8.43. The lowest BCUT2D eigenvalue weighted by atomic mass is 9.96. The van der Waals surface area contributed by atoms with Gasteiger partial charge in [-0.05, 0) is 37.0 Å². The minimum Gasteiger partial charge on any atom is -0.497 e. The number of rotatable bonds is 5. The smallest absolute Gasteiger partial charge is 0.317 e. The van der Waals surface area contributed by atoms with E-state index in [1.807, 2.05) is 31.3 Å². The highest BCUT2D eigenvalue weighted by Crippen LogP contribution is 2.17. The van der Waals surface area contributed by atoms with Gasteiger partial charge in [-0.2, -0.15) is 0 Å². The molecule has 4 nitrogen and oxygen atoms in total. The summed E-state index contributed by atoms with van der Waals surface area (Å²) in [5.74, 6) is 0.863. The summed E-state index contributed by atoms with van der Waals surface area (Å²) < 4.78 is 5.14. The summed E-state index contributed by atoms with van der Waals surface area (Å²) in [6.07, 6.45) is 6.88. The summed E-state index contributed by atoms with van der Waals surface area (Å²) in [6.45, 7) is 0.727. The Balaban J connectivity index is 1.74. The van der Waals surface area contributed by atoms with Gasteiger partial charge < -0.3 is 15.0 Å². The van der Waals surface area contributed by atoms with Crippen LogP contribution in [-0.4, -0.2) is 37.7 Å². The van der Waals surface area contributed by atoms with Gasteiger partial charge in [0.25, 0.3) is 0 Å². The Labute approximate surface area is 127 Å². The number of likely N-dealkylation sites (N-methyl/N-ethyl adjacent to an activating group) is 1. The Hall–Kier alpha value is -1.71. The van der Waals surface area contributed by atoms with Crippen LogP contribution < -0.4 is 10.1 Å². The van der Waals surface area contributed by atoms with Crippen molar-refractivity contribution in [3.63, 3.8) is 0 Å². The third-order valence-corrected chi connectivity index (χ3v) is 4.17. The number of carbonyl (C=O) groups excluding carboxylic acids is 1. The molecule has 116 valence electrons. The van der Waals surface area contributed by atoms with Gasteiger partial charge in [-0.3, -0.25) is 0 Å². The van der Waals surface area contributed by atoms with E-state index in [0.717, 1.165) is 31.6 Å². The fraction of sp³-hybridized carbons (Fsp3) is 0.588. The molecule has 1 N–H and O–H groups in total. The van der Waals surface area contributed by atoms with Gasteiger partial charge in [0.15, 0.2) is 0 Å².